The maximum atomic E-state index is 12.6. The van der Waals surface area contributed by atoms with E-state index in [1.807, 2.05) is 0 Å². The first-order chi connectivity index (χ1) is 10.0. The Morgan fingerprint density at radius 2 is 2.14 bits per heavy atom. The molecule has 1 N–H and O–H groups in total. The molecule has 1 unspecified atom stereocenters. The zero-order valence-corrected chi connectivity index (χ0v) is 11.1. The molecule has 7 heteroatoms. The smallest absolute Gasteiger partial charge is 0.416 e. The van der Waals surface area contributed by atoms with Gasteiger partial charge in [0.15, 0.2) is 5.75 Å². The predicted molar refractivity (Wildman–Crippen MR) is 70.3 cm³/mol. The molecular weight excluding hydrogens is 283 g/mol. The van der Waals surface area contributed by atoms with Crippen LogP contribution in [0.25, 0.3) is 0 Å². The molecule has 1 aliphatic heterocycles. The molecule has 2 aromatic rings. The molecule has 0 radical (unpaired) electrons. The average Bonchev–Trinajstić information content (AvgIpc) is 3.08. The standard InChI is InChI=1S/C14H14F3N3O/c15-14(16,17)10-2-1-3-12(6-10)21-13-8-19-20(9-13)11-4-5-18-7-11/h1-3,6,8-9,11,18H,4-5,7H2. The van der Waals surface area contributed by atoms with Gasteiger partial charge in [-0.05, 0) is 31.2 Å². The van der Waals surface area contributed by atoms with Crippen molar-refractivity contribution < 1.29 is 17.9 Å². The molecule has 1 aromatic carbocycles. The van der Waals surface area contributed by atoms with Crippen LogP contribution < -0.4 is 10.1 Å². The molecule has 1 aliphatic rings. The minimum absolute atomic E-state index is 0.147. The minimum Gasteiger partial charge on any atom is -0.454 e. The van der Waals surface area contributed by atoms with Crippen molar-refractivity contribution in [2.45, 2.75) is 18.6 Å². The van der Waals surface area contributed by atoms with Crippen LogP contribution in [0.1, 0.15) is 18.0 Å². The number of benzene rings is 1. The lowest BCUT2D eigenvalue weighted by atomic mass is 10.2. The molecule has 2 heterocycles. The first-order valence-corrected chi connectivity index (χ1v) is 6.62. The summed E-state index contributed by atoms with van der Waals surface area (Å²) < 4.78 is 45.1. The normalized spacial score (nSPS) is 18.9. The predicted octanol–water partition coefficient (Wildman–Crippen LogP) is 3.23. The lowest BCUT2D eigenvalue weighted by Crippen LogP contribution is -2.13. The van der Waals surface area contributed by atoms with Gasteiger partial charge >= 0.3 is 6.18 Å². The third-order valence-corrected chi connectivity index (χ3v) is 3.38. The van der Waals surface area contributed by atoms with Gasteiger partial charge in [-0.25, -0.2) is 0 Å². The van der Waals surface area contributed by atoms with E-state index >= 15 is 0 Å². The first-order valence-electron chi connectivity index (χ1n) is 6.62. The highest BCUT2D eigenvalue weighted by molar-refractivity contribution is 5.33. The number of hydrogen-bond donors (Lipinski definition) is 1. The van der Waals surface area contributed by atoms with Crippen LogP contribution in [0.3, 0.4) is 0 Å². The van der Waals surface area contributed by atoms with Crippen LogP contribution in [0, 0.1) is 0 Å². The number of aromatic nitrogens is 2. The van der Waals surface area contributed by atoms with E-state index in [-0.39, 0.29) is 11.8 Å². The van der Waals surface area contributed by atoms with Crippen molar-refractivity contribution in [1.82, 2.24) is 15.1 Å². The van der Waals surface area contributed by atoms with E-state index in [9.17, 15) is 13.2 Å². The summed E-state index contributed by atoms with van der Waals surface area (Å²) in [5.41, 5.74) is -0.729. The van der Waals surface area contributed by atoms with E-state index < -0.39 is 11.7 Å². The summed E-state index contributed by atoms with van der Waals surface area (Å²) in [6.45, 7) is 1.78. The number of nitrogens with one attached hydrogen (secondary N) is 1. The second kappa shape index (κ2) is 5.40. The van der Waals surface area contributed by atoms with Gasteiger partial charge in [0.25, 0.3) is 0 Å². The SMILES string of the molecule is FC(F)(F)c1cccc(Oc2cnn(C3CCNC3)c2)c1. The van der Waals surface area contributed by atoms with Crippen molar-refractivity contribution in [3.63, 3.8) is 0 Å². The Bertz CT molecular complexity index is 618. The van der Waals surface area contributed by atoms with Crippen LogP contribution in [0.15, 0.2) is 36.7 Å². The van der Waals surface area contributed by atoms with Gasteiger partial charge in [-0.1, -0.05) is 6.07 Å². The first kappa shape index (κ1) is 13.9. The summed E-state index contributed by atoms with van der Waals surface area (Å²) in [4.78, 5) is 0. The molecule has 0 saturated carbocycles. The van der Waals surface area contributed by atoms with E-state index in [0.717, 1.165) is 31.6 Å². The Balaban J connectivity index is 1.74. The van der Waals surface area contributed by atoms with Gasteiger partial charge in [-0.15, -0.1) is 0 Å². The van der Waals surface area contributed by atoms with Gasteiger partial charge < -0.3 is 10.1 Å². The van der Waals surface area contributed by atoms with Crippen LogP contribution in [0.5, 0.6) is 11.5 Å². The summed E-state index contributed by atoms with van der Waals surface area (Å²) in [7, 11) is 0. The summed E-state index contributed by atoms with van der Waals surface area (Å²) in [5, 5.41) is 7.42. The monoisotopic (exact) mass is 297 g/mol. The van der Waals surface area contributed by atoms with Crippen molar-refractivity contribution in [1.29, 1.82) is 0 Å². The topological polar surface area (TPSA) is 39.1 Å². The maximum Gasteiger partial charge on any atom is 0.416 e. The van der Waals surface area contributed by atoms with E-state index in [1.165, 1.54) is 18.3 Å². The number of halogens is 3. The van der Waals surface area contributed by atoms with E-state index in [4.69, 9.17) is 4.74 Å². The maximum absolute atomic E-state index is 12.6. The number of alkyl halides is 3. The van der Waals surface area contributed by atoms with Crippen molar-refractivity contribution in [3.05, 3.63) is 42.2 Å². The second-order valence-electron chi connectivity index (χ2n) is 4.93. The molecule has 1 aromatic heterocycles. The lowest BCUT2D eigenvalue weighted by molar-refractivity contribution is -0.137. The highest BCUT2D eigenvalue weighted by Crippen LogP contribution is 2.32. The van der Waals surface area contributed by atoms with Crippen LogP contribution in [-0.4, -0.2) is 22.9 Å². The van der Waals surface area contributed by atoms with E-state index in [1.54, 1.807) is 10.9 Å². The van der Waals surface area contributed by atoms with Crippen LogP contribution in [0.2, 0.25) is 0 Å². The lowest BCUT2D eigenvalue weighted by Gasteiger charge is -2.09. The number of hydrogen-bond acceptors (Lipinski definition) is 3. The Labute approximate surface area is 119 Å². The highest BCUT2D eigenvalue weighted by atomic mass is 19.4. The fraction of sp³-hybridized carbons (Fsp3) is 0.357. The molecule has 0 amide bonds. The molecule has 4 nitrogen and oxygen atoms in total. The number of rotatable bonds is 3. The van der Waals surface area contributed by atoms with Gasteiger partial charge in [-0.2, -0.15) is 18.3 Å². The molecule has 1 atom stereocenters. The Morgan fingerprint density at radius 1 is 1.29 bits per heavy atom. The van der Waals surface area contributed by atoms with E-state index in [2.05, 4.69) is 10.4 Å². The number of ether oxygens (including phenoxy) is 1. The van der Waals surface area contributed by atoms with Crippen molar-refractivity contribution in [2.24, 2.45) is 0 Å². The van der Waals surface area contributed by atoms with E-state index in [0.29, 0.717) is 5.75 Å². The Hall–Kier alpha value is -2.02. The van der Waals surface area contributed by atoms with Crippen molar-refractivity contribution >= 4 is 0 Å². The highest BCUT2D eigenvalue weighted by Gasteiger charge is 2.30. The molecular formula is C14H14F3N3O. The van der Waals surface area contributed by atoms with Crippen LogP contribution in [0.4, 0.5) is 13.2 Å². The third kappa shape index (κ3) is 3.18. The molecule has 1 fully saturated rings. The Morgan fingerprint density at radius 3 is 2.86 bits per heavy atom. The van der Waals surface area contributed by atoms with Gasteiger partial charge in [0.1, 0.15) is 5.75 Å². The molecule has 0 bridgehead atoms. The third-order valence-electron chi connectivity index (χ3n) is 3.38. The molecule has 0 spiro atoms. The van der Waals surface area contributed by atoms with Crippen molar-refractivity contribution in [2.75, 3.05) is 13.1 Å². The molecule has 112 valence electrons. The fourth-order valence-electron chi connectivity index (χ4n) is 2.31. The van der Waals surface area contributed by atoms with Gasteiger partial charge in [0.05, 0.1) is 24.0 Å². The molecule has 0 aliphatic carbocycles. The molecule has 1 saturated heterocycles. The molecule has 21 heavy (non-hydrogen) atoms. The zero-order valence-electron chi connectivity index (χ0n) is 11.1. The average molecular weight is 297 g/mol. The summed E-state index contributed by atoms with van der Waals surface area (Å²) >= 11 is 0. The van der Waals surface area contributed by atoms with Gasteiger partial charge in [0, 0.05) is 6.54 Å². The van der Waals surface area contributed by atoms with Gasteiger partial charge in [0.2, 0.25) is 0 Å². The van der Waals surface area contributed by atoms with Gasteiger partial charge in [-0.3, -0.25) is 4.68 Å². The fourth-order valence-corrected chi connectivity index (χ4v) is 2.31. The quantitative estimate of drug-likeness (QED) is 0.945. The number of nitrogens with zero attached hydrogens (tertiary/aromatic N) is 2. The summed E-state index contributed by atoms with van der Waals surface area (Å²) in [6, 6.07) is 5.08. The van der Waals surface area contributed by atoms with Crippen LogP contribution in [-0.2, 0) is 6.18 Å². The minimum atomic E-state index is -4.38. The largest absolute Gasteiger partial charge is 0.454 e. The second-order valence-corrected chi connectivity index (χ2v) is 4.93. The molecule has 3 rings (SSSR count). The summed E-state index contributed by atoms with van der Waals surface area (Å²) in [5.74, 6) is 0.579. The van der Waals surface area contributed by atoms with Crippen molar-refractivity contribution in [3.8, 4) is 11.5 Å². The summed E-state index contributed by atoms with van der Waals surface area (Å²) in [6.07, 6.45) is -0.180. The van der Waals surface area contributed by atoms with Crippen LogP contribution >= 0.6 is 0 Å². The zero-order chi connectivity index (χ0) is 14.9. The Kier molecular flexibility index (Phi) is 3.59.